The summed E-state index contributed by atoms with van der Waals surface area (Å²) < 4.78 is 30.6. The Bertz CT molecular complexity index is 382. The molecule has 0 aliphatic rings. The summed E-state index contributed by atoms with van der Waals surface area (Å²) in [6.07, 6.45) is -0.0646. The predicted octanol–water partition coefficient (Wildman–Crippen LogP) is 1.79. The molecule has 1 aromatic carbocycles. The van der Waals surface area contributed by atoms with Gasteiger partial charge in [-0.3, -0.25) is 10.1 Å². The van der Waals surface area contributed by atoms with Gasteiger partial charge in [-0.05, 0) is 6.07 Å². The van der Waals surface area contributed by atoms with E-state index in [9.17, 15) is 18.9 Å². The number of ether oxygens (including phenoxy) is 1. The maximum atomic E-state index is 13.1. The number of rotatable bonds is 4. The molecule has 0 heterocycles. The van der Waals surface area contributed by atoms with Gasteiger partial charge in [0.05, 0.1) is 7.11 Å². The SMILES string of the molecule is COc1c(F)cc(F)cc1CC[N+](=O)[O-]. The average Bonchev–Trinajstić information content (AvgIpc) is 2.13. The van der Waals surface area contributed by atoms with Gasteiger partial charge in [0.2, 0.25) is 6.54 Å². The number of methoxy groups -OCH3 is 1. The van der Waals surface area contributed by atoms with Crippen molar-refractivity contribution in [2.75, 3.05) is 13.7 Å². The molecule has 0 fully saturated rings. The van der Waals surface area contributed by atoms with Crippen LogP contribution < -0.4 is 4.74 Å². The van der Waals surface area contributed by atoms with E-state index in [-0.39, 0.29) is 24.3 Å². The lowest BCUT2D eigenvalue weighted by atomic mass is 10.1. The van der Waals surface area contributed by atoms with Gasteiger partial charge in [-0.15, -0.1) is 0 Å². The molecular weight excluding hydrogens is 208 g/mol. The van der Waals surface area contributed by atoms with E-state index < -0.39 is 16.6 Å². The summed E-state index contributed by atoms with van der Waals surface area (Å²) in [5.74, 6) is -1.76. The van der Waals surface area contributed by atoms with Crippen LogP contribution in [0.3, 0.4) is 0 Å². The quantitative estimate of drug-likeness (QED) is 0.570. The minimum absolute atomic E-state index is 0.0646. The molecule has 0 bridgehead atoms. The van der Waals surface area contributed by atoms with Gasteiger partial charge in [-0.25, -0.2) is 8.78 Å². The van der Waals surface area contributed by atoms with Crippen LogP contribution in [-0.2, 0) is 6.42 Å². The van der Waals surface area contributed by atoms with Crippen LogP contribution in [0.4, 0.5) is 8.78 Å². The molecule has 0 atom stereocenters. The summed E-state index contributed by atoms with van der Waals surface area (Å²) in [7, 11) is 1.23. The third-order valence-electron chi connectivity index (χ3n) is 1.85. The molecule has 1 aromatic rings. The molecule has 4 nitrogen and oxygen atoms in total. The highest BCUT2D eigenvalue weighted by Gasteiger charge is 2.13. The maximum absolute atomic E-state index is 13.1. The van der Waals surface area contributed by atoms with Crippen LogP contribution in [0.15, 0.2) is 12.1 Å². The van der Waals surface area contributed by atoms with Gasteiger partial charge in [0, 0.05) is 23.0 Å². The zero-order valence-corrected chi connectivity index (χ0v) is 8.00. The summed E-state index contributed by atoms with van der Waals surface area (Å²) in [6, 6.07) is 1.71. The van der Waals surface area contributed by atoms with Crippen molar-refractivity contribution in [1.29, 1.82) is 0 Å². The number of hydrogen-bond donors (Lipinski definition) is 0. The molecule has 1 rings (SSSR count). The molecule has 0 aliphatic heterocycles. The van der Waals surface area contributed by atoms with Crippen molar-refractivity contribution < 1.29 is 18.4 Å². The molecule has 0 unspecified atom stereocenters. The fourth-order valence-corrected chi connectivity index (χ4v) is 1.24. The maximum Gasteiger partial charge on any atom is 0.208 e. The Labute approximate surface area is 84.6 Å². The van der Waals surface area contributed by atoms with E-state index in [1.807, 2.05) is 0 Å². The van der Waals surface area contributed by atoms with Crippen molar-refractivity contribution in [3.8, 4) is 5.75 Å². The molecule has 0 N–H and O–H groups in total. The van der Waals surface area contributed by atoms with E-state index in [1.54, 1.807) is 0 Å². The number of hydrogen-bond acceptors (Lipinski definition) is 3. The Kier molecular flexibility index (Phi) is 3.54. The zero-order chi connectivity index (χ0) is 11.4. The molecule has 0 spiro atoms. The van der Waals surface area contributed by atoms with E-state index in [1.165, 1.54) is 7.11 Å². The minimum Gasteiger partial charge on any atom is -0.493 e. The minimum atomic E-state index is -0.851. The van der Waals surface area contributed by atoms with Gasteiger partial charge in [0.1, 0.15) is 5.82 Å². The fourth-order valence-electron chi connectivity index (χ4n) is 1.24. The lowest BCUT2D eigenvalue weighted by Gasteiger charge is -2.07. The molecule has 0 saturated carbocycles. The summed E-state index contributed by atoms with van der Waals surface area (Å²) in [6.45, 7) is -0.390. The van der Waals surface area contributed by atoms with Gasteiger partial charge in [0.25, 0.3) is 0 Å². The predicted molar refractivity (Wildman–Crippen MR) is 48.5 cm³/mol. The number of nitrogens with zero attached hydrogens (tertiary/aromatic N) is 1. The first-order valence-electron chi connectivity index (χ1n) is 4.18. The molecule has 0 aromatic heterocycles. The van der Waals surface area contributed by atoms with Crippen molar-refractivity contribution in [3.63, 3.8) is 0 Å². The van der Waals surface area contributed by atoms with Gasteiger partial charge >= 0.3 is 0 Å². The largest absolute Gasteiger partial charge is 0.493 e. The van der Waals surface area contributed by atoms with Crippen LogP contribution in [0.5, 0.6) is 5.75 Å². The van der Waals surface area contributed by atoms with Crippen molar-refractivity contribution in [2.24, 2.45) is 0 Å². The Morgan fingerprint density at radius 3 is 2.67 bits per heavy atom. The first-order chi connectivity index (χ1) is 7.04. The Balaban J connectivity index is 2.98. The van der Waals surface area contributed by atoms with Gasteiger partial charge in [-0.2, -0.15) is 0 Å². The normalized spacial score (nSPS) is 10.1. The standard InChI is InChI=1S/C9H9F2NO3/c1-15-9-6(2-3-12(13)14)4-7(10)5-8(9)11/h4-5H,2-3H2,1H3. The summed E-state index contributed by atoms with van der Waals surface area (Å²) in [4.78, 5) is 9.57. The third-order valence-corrected chi connectivity index (χ3v) is 1.85. The first-order valence-corrected chi connectivity index (χ1v) is 4.18. The number of benzene rings is 1. The molecule has 0 amide bonds. The number of nitro groups is 1. The average molecular weight is 217 g/mol. The monoisotopic (exact) mass is 217 g/mol. The van der Waals surface area contributed by atoms with Crippen LogP contribution in [0.25, 0.3) is 0 Å². The fraction of sp³-hybridized carbons (Fsp3) is 0.333. The van der Waals surface area contributed by atoms with Crippen molar-refractivity contribution >= 4 is 0 Å². The molecule has 15 heavy (non-hydrogen) atoms. The molecule has 82 valence electrons. The van der Waals surface area contributed by atoms with E-state index in [0.29, 0.717) is 6.07 Å². The molecular formula is C9H9F2NO3. The van der Waals surface area contributed by atoms with Crippen LogP contribution >= 0.6 is 0 Å². The first kappa shape index (κ1) is 11.4. The van der Waals surface area contributed by atoms with Crippen LogP contribution in [0.1, 0.15) is 5.56 Å². The van der Waals surface area contributed by atoms with E-state index in [0.717, 1.165) is 6.07 Å². The summed E-state index contributed by atoms with van der Waals surface area (Å²) in [5.41, 5.74) is 0.159. The van der Waals surface area contributed by atoms with Crippen molar-refractivity contribution in [1.82, 2.24) is 0 Å². The Morgan fingerprint density at radius 2 is 2.13 bits per heavy atom. The second kappa shape index (κ2) is 4.68. The van der Waals surface area contributed by atoms with E-state index in [4.69, 9.17) is 4.74 Å². The van der Waals surface area contributed by atoms with Crippen LogP contribution in [0, 0.1) is 21.7 Å². The molecule has 6 heteroatoms. The van der Waals surface area contributed by atoms with Gasteiger partial charge in [0.15, 0.2) is 11.6 Å². The van der Waals surface area contributed by atoms with Crippen molar-refractivity contribution in [3.05, 3.63) is 39.4 Å². The second-order valence-electron chi connectivity index (χ2n) is 2.89. The lowest BCUT2D eigenvalue weighted by Crippen LogP contribution is -2.06. The summed E-state index contributed by atoms with van der Waals surface area (Å²) in [5, 5.41) is 10.1. The highest BCUT2D eigenvalue weighted by molar-refractivity contribution is 5.35. The topological polar surface area (TPSA) is 52.4 Å². The zero-order valence-electron chi connectivity index (χ0n) is 8.00. The lowest BCUT2D eigenvalue weighted by molar-refractivity contribution is -0.479. The number of halogens is 2. The molecule has 0 saturated heterocycles. The Morgan fingerprint density at radius 1 is 1.47 bits per heavy atom. The van der Waals surface area contributed by atoms with Crippen LogP contribution in [-0.4, -0.2) is 18.6 Å². The van der Waals surface area contributed by atoms with E-state index in [2.05, 4.69) is 0 Å². The van der Waals surface area contributed by atoms with Gasteiger partial charge in [-0.1, -0.05) is 0 Å². The highest BCUT2D eigenvalue weighted by atomic mass is 19.1. The van der Waals surface area contributed by atoms with E-state index >= 15 is 0 Å². The van der Waals surface area contributed by atoms with Crippen LogP contribution in [0.2, 0.25) is 0 Å². The van der Waals surface area contributed by atoms with Gasteiger partial charge < -0.3 is 4.74 Å². The highest BCUT2D eigenvalue weighted by Crippen LogP contribution is 2.24. The summed E-state index contributed by atoms with van der Waals surface area (Å²) >= 11 is 0. The second-order valence-corrected chi connectivity index (χ2v) is 2.89. The molecule has 0 aliphatic carbocycles. The smallest absolute Gasteiger partial charge is 0.208 e. The Hall–Kier alpha value is -1.72. The molecule has 0 radical (unpaired) electrons. The van der Waals surface area contributed by atoms with Crippen molar-refractivity contribution in [2.45, 2.75) is 6.42 Å². The third kappa shape index (κ3) is 2.87.